The molecule has 1 aliphatic carbocycles. The van der Waals surface area contributed by atoms with Crippen molar-refractivity contribution in [2.45, 2.75) is 31.6 Å². The number of carbonyl (C=O) groups excluding carboxylic acids is 2. The molecule has 2 N–H and O–H groups in total. The second kappa shape index (κ2) is 11.8. The van der Waals surface area contributed by atoms with Gasteiger partial charge in [-0.3, -0.25) is 0 Å². The highest BCUT2D eigenvalue weighted by Crippen LogP contribution is 2.35. The summed E-state index contributed by atoms with van der Waals surface area (Å²) in [4.78, 5) is 31.0. The predicted molar refractivity (Wildman–Crippen MR) is 157 cm³/mol. The van der Waals surface area contributed by atoms with Gasteiger partial charge in [0.2, 0.25) is 0 Å². The molecule has 2 heterocycles. The van der Waals surface area contributed by atoms with E-state index in [0.717, 1.165) is 17.0 Å². The first-order valence-corrected chi connectivity index (χ1v) is 13.8. The number of hydrogen-bond acceptors (Lipinski definition) is 8. The van der Waals surface area contributed by atoms with Crippen LogP contribution in [0.3, 0.4) is 0 Å². The molecule has 0 radical (unpaired) electrons. The van der Waals surface area contributed by atoms with E-state index in [4.69, 9.17) is 14.6 Å². The number of rotatable bonds is 8. The molecule has 9 nitrogen and oxygen atoms in total. The van der Waals surface area contributed by atoms with Gasteiger partial charge in [0.05, 0.1) is 22.9 Å². The van der Waals surface area contributed by atoms with Crippen LogP contribution in [-0.2, 0) is 9.47 Å². The number of anilines is 1. The fourth-order valence-corrected chi connectivity index (χ4v) is 5.40. The van der Waals surface area contributed by atoms with Gasteiger partial charge in [0.1, 0.15) is 11.9 Å². The van der Waals surface area contributed by atoms with E-state index in [-0.39, 0.29) is 6.61 Å². The van der Waals surface area contributed by atoms with Gasteiger partial charge in [0.25, 0.3) is 0 Å². The summed E-state index contributed by atoms with van der Waals surface area (Å²) in [6, 6.07) is 30.4. The van der Waals surface area contributed by atoms with E-state index < -0.39 is 36.1 Å². The highest BCUT2D eigenvalue weighted by Gasteiger charge is 2.48. The fraction of sp³-hybridized carbons (Fsp3) is 0.212. The molecule has 0 saturated heterocycles. The summed E-state index contributed by atoms with van der Waals surface area (Å²) in [5.74, 6) is -0.938. The van der Waals surface area contributed by atoms with Crippen molar-refractivity contribution < 1.29 is 24.2 Å². The van der Waals surface area contributed by atoms with Crippen molar-refractivity contribution in [2.75, 3.05) is 11.9 Å². The maximum absolute atomic E-state index is 13.2. The fourth-order valence-electron chi connectivity index (χ4n) is 5.40. The average molecular weight is 563 g/mol. The topological polar surface area (TPSA) is 115 Å². The molecule has 5 aromatic rings. The summed E-state index contributed by atoms with van der Waals surface area (Å²) in [6.07, 6.45) is -1.40. The Balaban J connectivity index is 1.34. The van der Waals surface area contributed by atoms with E-state index >= 15 is 0 Å². The van der Waals surface area contributed by atoms with Crippen LogP contribution < -0.4 is 5.32 Å². The van der Waals surface area contributed by atoms with E-state index in [1.54, 1.807) is 53.0 Å². The van der Waals surface area contributed by atoms with Gasteiger partial charge in [-0.25, -0.2) is 14.6 Å². The van der Waals surface area contributed by atoms with Crippen molar-refractivity contribution in [2.24, 2.45) is 5.92 Å². The molecular formula is C33H30N4O5. The lowest BCUT2D eigenvalue weighted by Gasteiger charge is -2.27. The summed E-state index contributed by atoms with van der Waals surface area (Å²) in [5, 5.41) is 18.6. The van der Waals surface area contributed by atoms with Gasteiger partial charge < -0.3 is 19.9 Å². The average Bonchev–Trinajstić information content (AvgIpc) is 3.59. The molecule has 0 amide bonds. The van der Waals surface area contributed by atoms with E-state index in [0.29, 0.717) is 29.0 Å². The third kappa shape index (κ3) is 5.59. The molecule has 4 atom stereocenters. The van der Waals surface area contributed by atoms with Crippen molar-refractivity contribution in [1.82, 2.24) is 14.6 Å². The maximum atomic E-state index is 13.2. The minimum Gasteiger partial charge on any atom is -0.454 e. The summed E-state index contributed by atoms with van der Waals surface area (Å²) in [5.41, 5.74) is 3.88. The Bertz CT molecular complexity index is 1690. The second-order valence-corrected chi connectivity index (χ2v) is 10.3. The molecule has 0 aliphatic heterocycles. The number of nitrogens with zero attached hydrogens (tertiary/aromatic N) is 3. The van der Waals surface area contributed by atoms with Crippen LogP contribution in [0, 0.1) is 12.8 Å². The summed E-state index contributed by atoms with van der Waals surface area (Å²) < 4.78 is 13.7. The first kappa shape index (κ1) is 27.2. The van der Waals surface area contributed by atoms with Gasteiger partial charge >= 0.3 is 11.9 Å². The van der Waals surface area contributed by atoms with Gasteiger partial charge in [-0.15, -0.1) is 0 Å². The molecule has 1 saturated carbocycles. The van der Waals surface area contributed by atoms with Crippen LogP contribution in [0.4, 0.5) is 5.82 Å². The van der Waals surface area contributed by atoms with E-state index in [9.17, 15) is 14.7 Å². The van der Waals surface area contributed by atoms with Gasteiger partial charge in [-0.1, -0.05) is 66.7 Å². The smallest absolute Gasteiger partial charge is 0.338 e. The third-order valence-electron chi connectivity index (χ3n) is 7.44. The number of ether oxygens (including phenoxy) is 2. The van der Waals surface area contributed by atoms with E-state index in [1.165, 1.54) is 0 Å². The first-order valence-electron chi connectivity index (χ1n) is 13.8. The maximum Gasteiger partial charge on any atom is 0.338 e. The number of carbonyl (C=O) groups is 2. The Morgan fingerprint density at radius 1 is 0.857 bits per heavy atom. The Labute approximate surface area is 242 Å². The molecule has 3 aromatic carbocycles. The Morgan fingerprint density at radius 2 is 1.43 bits per heavy atom. The quantitative estimate of drug-likeness (QED) is 0.256. The molecule has 6 rings (SSSR count). The second-order valence-electron chi connectivity index (χ2n) is 10.3. The Hall–Kier alpha value is -5.02. The van der Waals surface area contributed by atoms with Gasteiger partial charge in [0, 0.05) is 35.9 Å². The number of aryl methyl sites for hydroxylation is 1. The number of fused-ring (bicyclic) bond motifs is 1. The zero-order chi connectivity index (χ0) is 29.1. The molecule has 1 aliphatic rings. The standard InChI is InChI=1S/C33H30N4O5/c1-21-17-28(37-29(34-21)19-26(36-37)22-11-5-2-6-12-22)35-27-18-25(20-38)30(41-32(39)23-13-7-3-8-14-23)31(27)42-33(40)24-15-9-4-10-16-24/h2-17,19,25,27,30-31,35,38H,18,20H2,1H3. The minimum atomic E-state index is -0.893. The Morgan fingerprint density at radius 3 is 2.02 bits per heavy atom. The number of aromatic nitrogens is 3. The molecule has 0 bridgehead atoms. The van der Waals surface area contributed by atoms with Crippen LogP contribution in [0.15, 0.2) is 103 Å². The van der Waals surface area contributed by atoms with E-state index in [1.807, 2.05) is 61.5 Å². The number of esters is 2. The van der Waals surface area contributed by atoms with Crippen molar-refractivity contribution in [1.29, 1.82) is 0 Å². The van der Waals surface area contributed by atoms with Crippen LogP contribution in [0.5, 0.6) is 0 Å². The van der Waals surface area contributed by atoms with Crippen LogP contribution >= 0.6 is 0 Å². The lowest BCUT2D eigenvalue weighted by atomic mass is 10.1. The predicted octanol–water partition coefficient (Wildman–Crippen LogP) is 4.95. The zero-order valence-electron chi connectivity index (χ0n) is 23.0. The molecule has 212 valence electrons. The van der Waals surface area contributed by atoms with Crippen LogP contribution in [0.1, 0.15) is 32.8 Å². The molecule has 42 heavy (non-hydrogen) atoms. The van der Waals surface area contributed by atoms with Crippen LogP contribution in [0.25, 0.3) is 16.9 Å². The summed E-state index contributed by atoms with van der Waals surface area (Å²) in [7, 11) is 0. The highest BCUT2D eigenvalue weighted by atomic mass is 16.6. The number of aliphatic hydroxyl groups excluding tert-OH is 1. The number of aliphatic hydroxyl groups is 1. The number of benzene rings is 3. The molecular weight excluding hydrogens is 532 g/mol. The molecule has 1 fully saturated rings. The third-order valence-corrected chi connectivity index (χ3v) is 7.44. The lowest BCUT2D eigenvalue weighted by molar-refractivity contribution is -0.0424. The normalized spacial score (nSPS) is 19.9. The molecule has 0 spiro atoms. The van der Waals surface area contributed by atoms with Gasteiger partial charge in [-0.2, -0.15) is 9.61 Å². The van der Waals surface area contributed by atoms with Crippen LogP contribution in [-0.4, -0.2) is 56.5 Å². The monoisotopic (exact) mass is 562 g/mol. The van der Waals surface area contributed by atoms with Crippen molar-refractivity contribution in [3.8, 4) is 11.3 Å². The molecule has 2 aromatic heterocycles. The lowest BCUT2D eigenvalue weighted by Crippen LogP contribution is -2.42. The van der Waals surface area contributed by atoms with Gasteiger partial charge in [0.15, 0.2) is 11.8 Å². The largest absolute Gasteiger partial charge is 0.454 e. The highest BCUT2D eigenvalue weighted by molar-refractivity contribution is 5.90. The van der Waals surface area contributed by atoms with Crippen molar-refractivity contribution in [3.05, 3.63) is 120 Å². The molecule has 9 heteroatoms. The zero-order valence-corrected chi connectivity index (χ0v) is 23.0. The van der Waals surface area contributed by atoms with Gasteiger partial charge in [-0.05, 0) is 37.6 Å². The Kier molecular flexibility index (Phi) is 7.66. The van der Waals surface area contributed by atoms with Crippen molar-refractivity contribution in [3.63, 3.8) is 0 Å². The number of hydrogen-bond donors (Lipinski definition) is 2. The minimum absolute atomic E-state index is 0.255. The number of nitrogens with one attached hydrogen (secondary N) is 1. The summed E-state index contributed by atoms with van der Waals surface area (Å²) in [6.45, 7) is 1.64. The SMILES string of the molecule is Cc1cc(NC2CC(CO)C(OC(=O)c3ccccc3)C2OC(=O)c2ccccc2)n2nc(-c3ccccc3)cc2n1. The first-order chi connectivity index (χ1) is 20.5. The van der Waals surface area contributed by atoms with E-state index in [2.05, 4.69) is 10.3 Å². The van der Waals surface area contributed by atoms with Crippen LogP contribution in [0.2, 0.25) is 0 Å². The molecule has 4 unspecified atom stereocenters. The summed E-state index contributed by atoms with van der Waals surface area (Å²) >= 11 is 0. The van der Waals surface area contributed by atoms with Crippen molar-refractivity contribution >= 4 is 23.4 Å².